The number of sulfone groups is 1. The molecule has 1 aliphatic heterocycles. The molecular formula is C18H22BrN3O3S2. The topological polar surface area (TPSA) is 72.3 Å². The molecule has 1 aliphatic rings. The molecular weight excluding hydrogens is 450 g/mol. The van der Waals surface area contributed by atoms with Gasteiger partial charge in [-0.15, -0.1) is 0 Å². The Kier molecular flexibility index (Phi) is 6.65. The SMILES string of the molecule is CCCN(C(=O)CSc1nccn1-c1ccc(Br)cc1)C1CCS(=O)(=O)C1. The highest BCUT2D eigenvalue weighted by Crippen LogP contribution is 2.24. The number of hydrogen-bond donors (Lipinski definition) is 0. The van der Waals surface area contributed by atoms with Gasteiger partial charge in [-0.1, -0.05) is 34.6 Å². The summed E-state index contributed by atoms with van der Waals surface area (Å²) in [6, 6.07) is 7.67. The van der Waals surface area contributed by atoms with Gasteiger partial charge in [-0.2, -0.15) is 0 Å². The highest BCUT2D eigenvalue weighted by Gasteiger charge is 2.34. The average molecular weight is 472 g/mol. The van der Waals surface area contributed by atoms with Crippen molar-refractivity contribution >= 4 is 43.4 Å². The molecule has 146 valence electrons. The lowest BCUT2D eigenvalue weighted by atomic mass is 10.2. The van der Waals surface area contributed by atoms with Gasteiger partial charge in [-0.3, -0.25) is 9.36 Å². The van der Waals surface area contributed by atoms with Gasteiger partial charge in [0.1, 0.15) is 0 Å². The fourth-order valence-electron chi connectivity index (χ4n) is 3.18. The van der Waals surface area contributed by atoms with E-state index in [9.17, 15) is 13.2 Å². The Bertz CT molecular complexity index is 897. The summed E-state index contributed by atoms with van der Waals surface area (Å²) in [4.78, 5) is 18.9. The van der Waals surface area contributed by atoms with Crippen LogP contribution in [0.15, 0.2) is 46.3 Å². The van der Waals surface area contributed by atoms with E-state index >= 15 is 0 Å². The number of thioether (sulfide) groups is 1. The molecule has 0 bridgehead atoms. The summed E-state index contributed by atoms with van der Waals surface area (Å²) in [5.41, 5.74) is 0.970. The van der Waals surface area contributed by atoms with Crippen molar-refractivity contribution in [1.29, 1.82) is 0 Å². The Hall–Kier alpha value is -1.32. The fraction of sp³-hybridized carbons (Fsp3) is 0.444. The van der Waals surface area contributed by atoms with Crippen LogP contribution in [0.2, 0.25) is 0 Å². The predicted octanol–water partition coefficient (Wildman–Crippen LogP) is 3.15. The number of benzene rings is 1. The van der Waals surface area contributed by atoms with Crippen molar-refractivity contribution in [3.63, 3.8) is 0 Å². The number of rotatable bonds is 7. The summed E-state index contributed by atoms with van der Waals surface area (Å²) in [7, 11) is -3.02. The normalized spacial score (nSPS) is 18.5. The van der Waals surface area contributed by atoms with Gasteiger partial charge in [0.15, 0.2) is 15.0 Å². The smallest absolute Gasteiger partial charge is 0.233 e. The quantitative estimate of drug-likeness (QED) is 0.579. The summed E-state index contributed by atoms with van der Waals surface area (Å²) in [6.45, 7) is 2.58. The lowest BCUT2D eigenvalue weighted by Crippen LogP contribution is -2.42. The number of hydrogen-bond acceptors (Lipinski definition) is 5. The molecule has 0 saturated carbocycles. The first-order valence-electron chi connectivity index (χ1n) is 8.81. The van der Waals surface area contributed by atoms with Crippen molar-refractivity contribution in [2.24, 2.45) is 0 Å². The Labute approximate surface area is 172 Å². The lowest BCUT2D eigenvalue weighted by Gasteiger charge is -2.27. The Morgan fingerprint density at radius 1 is 1.37 bits per heavy atom. The Morgan fingerprint density at radius 3 is 2.74 bits per heavy atom. The van der Waals surface area contributed by atoms with Crippen molar-refractivity contribution in [2.75, 3.05) is 23.8 Å². The summed E-state index contributed by atoms with van der Waals surface area (Å²) in [5.74, 6) is 0.460. The van der Waals surface area contributed by atoms with E-state index in [0.717, 1.165) is 21.7 Å². The lowest BCUT2D eigenvalue weighted by molar-refractivity contribution is -0.130. The zero-order valence-electron chi connectivity index (χ0n) is 15.0. The maximum atomic E-state index is 12.8. The van der Waals surface area contributed by atoms with Gasteiger partial charge in [0, 0.05) is 35.1 Å². The molecule has 0 radical (unpaired) electrons. The van der Waals surface area contributed by atoms with E-state index in [-0.39, 0.29) is 29.2 Å². The molecule has 3 rings (SSSR count). The number of carbonyl (C=O) groups excluding carboxylic acids is 1. The van der Waals surface area contributed by atoms with Crippen LogP contribution in [0, 0.1) is 0 Å². The molecule has 1 saturated heterocycles. The van der Waals surface area contributed by atoms with Crippen molar-refractivity contribution in [2.45, 2.75) is 31.0 Å². The second-order valence-electron chi connectivity index (χ2n) is 6.49. The molecule has 0 spiro atoms. The molecule has 2 aromatic rings. The number of nitrogens with zero attached hydrogens (tertiary/aromatic N) is 3. The Balaban J connectivity index is 1.68. The van der Waals surface area contributed by atoms with E-state index in [4.69, 9.17) is 0 Å². The van der Waals surface area contributed by atoms with Gasteiger partial charge in [0.05, 0.1) is 17.3 Å². The zero-order chi connectivity index (χ0) is 19.4. The van der Waals surface area contributed by atoms with Crippen LogP contribution in [0.1, 0.15) is 19.8 Å². The third kappa shape index (κ3) is 5.14. The van der Waals surface area contributed by atoms with Crippen LogP contribution in [-0.4, -0.2) is 58.6 Å². The van der Waals surface area contributed by atoms with Crippen LogP contribution in [0.4, 0.5) is 0 Å². The maximum Gasteiger partial charge on any atom is 0.233 e. The molecule has 27 heavy (non-hydrogen) atoms. The molecule has 1 atom stereocenters. The zero-order valence-corrected chi connectivity index (χ0v) is 18.3. The number of amides is 1. The largest absolute Gasteiger partial charge is 0.338 e. The second-order valence-corrected chi connectivity index (χ2v) is 10.6. The Morgan fingerprint density at radius 2 is 2.11 bits per heavy atom. The second kappa shape index (κ2) is 8.79. The van der Waals surface area contributed by atoms with E-state index in [1.807, 2.05) is 42.0 Å². The molecule has 1 unspecified atom stereocenters. The van der Waals surface area contributed by atoms with Crippen LogP contribution in [0.25, 0.3) is 5.69 Å². The maximum absolute atomic E-state index is 12.8. The fourth-order valence-corrected chi connectivity index (χ4v) is 6.03. The van der Waals surface area contributed by atoms with E-state index in [1.165, 1.54) is 11.8 Å². The van der Waals surface area contributed by atoms with Crippen molar-refractivity contribution in [3.05, 3.63) is 41.1 Å². The first-order valence-corrected chi connectivity index (χ1v) is 12.4. The summed E-state index contributed by atoms with van der Waals surface area (Å²) < 4.78 is 26.5. The minimum atomic E-state index is -3.02. The van der Waals surface area contributed by atoms with Gasteiger partial charge in [0.2, 0.25) is 5.91 Å². The third-order valence-corrected chi connectivity index (χ3v) is 7.70. The predicted molar refractivity (Wildman–Crippen MR) is 111 cm³/mol. The van der Waals surface area contributed by atoms with Gasteiger partial charge >= 0.3 is 0 Å². The monoisotopic (exact) mass is 471 g/mol. The molecule has 1 aromatic carbocycles. The molecule has 2 heterocycles. The first kappa shape index (κ1) is 20.4. The summed E-state index contributed by atoms with van der Waals surface area (Å²) in [5, 5.41) is 0.737. The van der Waals surface area contributed by atoms with Crippen molar-refractivity contribution in [3.8, 4) is 5.69 Å². The van der Waals surface area contributed by atoms with Crippen LogP contribution in [-0.2, 0) is 14.6 Å². The van der Waals surface area contributed by atoms with Crippen LogP contribution in [0.5, 0.6) is 0 Å². The number of halogens is 1. The first-order chi connectivity index (χ1) is 12.9. The van der Waals surface area contributed by atoms with Crippen LogP contribution >= 0.6 is 27.7 Å². The van der Waals surface area contributed by atoms with Crippen LogP contribution < -0.4 is 0 Å². The molecule has 6 nitrogen and oxygen atoms in total. The minimum absolute atomic E-state index is 0.0330. The number of carbonyl (C=O) groups is 1. The van der Waals surface area contributed by atoms with Gasteiger partial charge in [-0.25, -0.2) is 13.4 Å². The van der Waals surface area contributed by atoms with Crippen LogP contribution in [0.3, 0.4) is 0 Å². The summed E-state index contributed by atoms with van der Waals surface area (Å²) in [6.07, 6.45) is 4.92. The highest BCUT2D eigenvalue weighted by molar-refractivity contribution is 9.10. The van der Waals surface area contributed by atoms with Gasteiger partial charge in [0.25, 0.3) is 0 Å². The van der Waals surface area contributed by atoms with Crippen molar-refractivity contribution < 1.29 is 13.2 Å². The van der Waals surface area contributed by atoms with E-state index in [2.05, 4.69) is 20.9 Å². The standard InChI is InChI=1S/C18H22BrN3O3S2/c1-2-9-21(16-7-11-27(24,25)13-16)17(23)12-26-18-20-8-10-22(18)15-5-3-14(19)4-6-15/h3-6,8,10,16H,2,7,9,11-13H2,1H3. The van der Waals surface area contributed by atoms with Gasteiger partial charge < -0.3 is 4.90 Å². The molecule has 0 aliphatic carbocycles. The van der Waals surface area contributed by atoms with E-state index < -0.39 is 9.84 Å². The number of imidazole rings is 1. The molecule has 1 amide bonds. The average Bonchev–Trinajstić information content (AvgIpc) is 3.24. The third-order valence-electron chi connectivity index (χ3n) is 4.47. The van der Waals surface area contributed by atoms with E-state index in [0.29, 0.717) is 13.0 Å². The summed E-state index contributed by atoms with van der Waals surface area (Å²) >= 11 is 4.80. The molecule has 1 aromatic heterocycles. The molecule has 9 heteroatoms. The van der Waals surface area contributed by atoms with Gasteiger partial charge in [-0.05, 0) is 37.1 Å². The van der Waals surface area contributed by atoms with E-state index in [1.54, 1.807) is 11.1 Å². The number of aromatic nitrogens is 2. The van der Waals surface area contributed by atoms with Crippen molar-refractivity contribution in [1.82, 2.24) is 14.5 Å². The molecule has 0 N–H and O–H groups in total. The molecule has 1 fully saturated rings. The highest BCUT2D eigenvalue weighted by atomic mass is 79.9. The minimum Gasteiger partial charge on any atom is -0.338 e.